The molecule has 4 nitrogen and oxygen atoms in total. The molecule has 0 saturated carbocycles. The first-order chi connectivity index (χ1) is 7.66. The Bertz CT molecular complexity index is 383. The maximum atomic E-state index is 11.8. The van der Waals surface area contributed by atoms with Crippen LogP contribution in [0, 0.1) is 11.3 Å². The molecule has 1 aromatic carbocycles. The molecular formula is C12H15N3O. The maximum absolute atomic E-state index is 11.8. The number of nitrogens with zero attached hydrogens (tertiary/aromatic N) is 2. The summed E-state index contributed by atoms with van der Waals surface area (Å²) in [6, 6.07) is 10.6. The Balaban J connectivity index is 2.64. The number of nitriles is 1. The van der Waals surface area contributed by atoms with E-state index in [1.165, 1.54) is 4.90 Å². The second-order valence-corrected chi connectivity index (χ2v) is 3.56. The molecule has 1 unspecified atom stereocenters. The molecule has 0 aliphatic carbocycles. The average molecular weight is 217 g/mol. The molecule has 1 amide bonds. The van der Waals surface area contributed by atoms with Crippen molar-refractivity contribution >= 4 is 5.91 Å². The van der Waals surface area contributed by atoms with Gasteiger partial charge < -0.3 is 10.6 Å². The van der Waals surface area contributed by atoms with Crippen LogP contribution >= 0.6 is 0 Å². The van der Waals surface area contributed by atoms with Crippen LogP contribution in [0.2, 0.25) is 0 Å². The Kier molecular flexibility index (Phi) is 4.49. The average Bonchev–Trinajstić information content (AvgIpc) is 2.35. The summed E-state index contributed by atoms with van der Waals surface area (Å²) in [5.74, 6) is -0.165. The monoisotopic (exact) mass is 217 g/mol. The van der Waals surface area contributed by atoms with Crippen LogP contribution in [-0.2, 0) is 4.79 Å². The number of hydrogen-bond acceptors (Lipinski definition) is 3. The molecule has 0 bridgehead atoms. The molecule has 0 fully saturated rings. The van der Waals surface area contributed by atoms with Gasteiger partial charge in [0, 0.05) is 13.6 Å². The Morgan fingerprint density at radius 2 is 2.12 bits per heavy atom. The summed E-state index contributed by atoms with van der Waals surface area (Å²) in [7, 11) is 1.66. The number of rotatable bonds is 4. The van der Waals surface area contributed by atoms with Gasteiger partial charge in [-0.1, -0.05) is 30.3 Å². The smallest absolute Gasteiger partial charge is 0.243 e. The van der Waals surface area contributed by atoms with Crippen molar-refractivity contribution < 1.29 is 4.79 Å². The van der Waals surface area contributed by atoms with Crippen molar-refractivity contribution in [2.24, 2.45) is 5.73 Å². The minimum Gasteiger partial charge on any atom is -0.343 e. The standard InChI is InChI=1S/C12H15N3O/c1-15(9-5-8-13)12(16)11(14)10-6-3-2-4-7-10/h2-4,6-7,11H,5,9,14H2,1H3. The Labute approximate surface area is 95.3 Å². The van der Waals surface area contributed by atoms with Crippen LogP contribution in [0.3, 0.4) is 0 Å². The van der Waals surface area contributed by atoms with E-state index in [0.717, 1.165) is 5.56 Å². The highest BCUT2D eigenvalue weighted by Crippen LogP contribution is 2.11. The Hall–Kier alpha value is -1.86. The molecule has 0 radical (unpaired) electrons. The van der Waals surface area contributed by atoms with Gasteiger partial charge in [-0.05, 0) is 5.56 Å². The number of hydrogen-bond donors (Lipinski definition) is 1. The van der Waals surface area contributed by atoms with Crippen LogP contribution in [0.25, 0.3) is 0 Å². The second kappa shape index (κ2) is 5.89. The normalized spacial score (nSPS) is 11.6. The molecule has 1 atom stereocenters. The van der Waals surface area contributed by atoms with Gasteiger partial charge in [-0.25, -0.2) is 0 Å². The minimum absolute atomic E-state index is 0.165. The minimum atomic E-state index is -0.648. The van der Waals surface area contributed by atoms with E-state index in [-0.39, 0.29) is 5.91 Å². The lowest BCUT2D eigenvalue weighted by Gasteiger charge is -2.20. The lowest BCUT2D eigenvalue weighted by atomic mass is 10.1. The van der Waals surface area contributed by atoms with Crippen LogP contribution in [0.4, 0.5) is 0 Å². The molecule has 16 heavy (non-hydrogen) atoms. The molecule has 2 N–H and O–H groups in total. The lowest BCUT2D eigenvalue weighted by molar-refractivity contribution is -0.131. The van der Waals surface area contributed by atoms with E-state index in [9.17, 15) is 4.79 Å². The number of carbonyl (C=O) groups is 1. The van der Waals surface area contributed by atoms with Crippen molar-refractivity contribution in [1.29, 1.82) is 5.26 Å². The van der Waals surface area contributed by atoms with Gasteiger partial charge in [-0.2, -0.15) is 5.26 Å². The van der Waals surface area contributed by atoms with Gasteiger partial charge in [-0.15, -0.1) is 0 Å². The summed E-state index contributed by atoms with van der Waals surface area (Å²) < 4.78 is 0. The van der Waals surface area contributed by atoms with E-state index in [4.69, 9.17) is 11.0 Å². The summed E-state index contributed by atoms with van der Waals surface area (Å²) in [4.78, 5) is 13.3. The van der Waals surface area contributed by atoms with E-state index in [1.54, 1.807) is 7.05 Å². The molecule has 1 aromatic rings. The lowest BCUT2D eigenvalue weighted by Crippen LogP contribution is -2.36. The van der Waals surface area contributed by atoms with Gasteiger partial charge in [0.2, 0.25) is 5.91 Å². The summed E-state index contributed by atoms with van der Waals surface area (Å²) in [6.07, 6.45) is 0.323. The molecule has 0 aliphatic rings. The SMILES string of the molecule is CN(CCC#N)C(=O)C(N)c1ccccc1. The van der Waals surface area contributed by atoms with Crippen molar-refractivity contribution in [2.75, 3.05) is 13.6 Å². The van der Waals surface area contributed by atoms with Crippen LogP contribution in [0.5, 0.6) is 0 Å². The molecule has 0 saturated heterocycles. The van der Waals surface area contributed by atoms with Gasteiger partial charge in [-0.3, -0.25) is 4.79 Å². The summed E-state index contributed by atoms with van der Waals surface area (Å²) in [6.45, 7) is 0.413. The molecular weight excluding hydrogens is 202 g/mol. The van der Waals surface area contributed by atoms with Crippen molar-refractivity contribution in [2.45, 2.75) is 12.5 Å². The molecule has 84 valence electrons. The predicted octanol–water partition coefficient (Wildman–Crippen LogP) is 1.06. The number of benzene rings is 1. The highest BCUT2D eigenvalue weighted by Gasteiger charge is 2.18. The van der Waals surface area contributed by atoms with Gasteiger partial charge in [0.1, 0.15) is 6.04 Å². The number of amides is 1. The highest BCUT2D eigenvalue weighted by atomic mass is 16.2. The van der Waals surface area contributed by atoms with E-state index >= 15 is 0 Å². The first-order valence-electron chi connectivity index (χ1n) is 5.09. The van der Waals surface area contributed by atoms with Gasteiger partial charge in [0.15, 0.2) is 0 Å². The highest BCUT2D eigenvalue weighted by molar-refractivity contribution is 5.82. The fourth-order valence-electron chi connectivity index (χ4n) is 1.37. The fourth-order valence-corrected chi connectivity index (χ4v) is 1.37. The summed E-state index contributed by atoms with van der Waals surface area (Å²) >= 11 is 0. The summed E-state index contributed by atoms with van der Waals surface area (Å²) in [5.41, 5.74) is 6.63. The van der Waals surface area contributed by atoms with Crippen LogP contribution in [-0.4, -0.2) is 24.4 Å². The quantitative estimate of drug-likeness (QED) is 0.819. The predicted molar refractivity (Wildman–Crippen MR) is 61.2 cm³/mol. The maximum Gasteiger partial charge on any atom is 0.243 e. The first kappa shape index (κ1) is 12.2. The summed E-state index contributed by atoms with van der Waals surface area (Å²) in [5, 5.41) is 8.43. The van der Waals surface area contributed by atoms with Crippen LogP contribution in [0.15, 0.2) is 30.3 Å². The first-order valence-corrected chi connectivity index (χ1v) is 5.09. The van der Waals surface area contributed by atoms with Gasteiger partial charge in [0.25, 0.3) is 0 Å². The third-order valence-corrected chi connectivity index (χ3v) is 2.36. The third-order valence-electron chi connectivity index (χ3n) is 2.36. The zero-order valence-corrected chi connectivity index (χ0v) is 9.26. The Morgan fingerprint density at radius 3 is 2.69 bits per heavy atom. The molecule has 0 aliphatic heterocycles. The largest absolute Gasteiger partial charge is 0.343 e. The molecule has 0 spiro atoms. The van der Waals surface area contributed by atoms with Gasteiger partial charge >= 0.3 is 0 Å². The number of nitrogens with two attached hydrogens (primary N) is 1. The zero-order chi connectivity index (χ0) is 12.0. The molecule has 0 aromatic heterocycles. The van der Waals surface area contributed by atoms with Crippen molar-refractivity contribution in [3.8, 4) is 6.07 Å². The van der Waals surface area contributed by atoms with E-state index in [1.807, 2.05) is 36.4 Å². The molecule has 0 heterocycles. The number of carbonyl (C=O) groups excluding carboxylic acids is 1. The van der Waals surface area contributed by atoms with Crippen LogP contribution in [0.1, 0.15) is 18.0 Å². The Morgan fingerprint density at radius 1 is 1.50 bits per heavy atom. The van der Waals surface area contributed by atoms with E-state index in [2.05, 4.69) is 0 Å². The number of likely N-dealkylation sites (N-methyl/N-ethyl adjacent to an activating group) is 1. The van der Waals surface area contributed by atoms with Crippen molar-refractivity contribution in [3.63, 3.8) is 0 Å². The van der Waals surface area contributed by atoms with Gasteiger partial charge in [0.05, 0.1) is 12.5 Å². The van der Waals surface area contributed by atoms with Crippen molar-refractivity contribution in [3.05, 3.63) is 35.9 Å². The van der Waals surface area contributed by atoms with E-state index < -0.39 is 6.04 Å². The zero-order valence-electron chi connectivity index (χ0n) is 9.26. The van der Waals surface area contributed by atoms with E-state index in [0.29, 0.717) is 13.0 Å². The molecule has 4 heteroatoms. The molecule has 1 rings (SSSR count). The topological polar surface area (TPSA) is 70.1 Å². The fraction of sp³-hybridized carbons (Fsp3) is 0.333. The second-order valence-electron chi connectivity index (χ2n) is 3.56. The van der Waals surface area contributed by atoms with Crippen LogP contribution < -0.4 is 5.73 Å². The third kappa shape index (κ3) is 3.07. The van der Waals surface area contributed by atoms with Crippen molar-refractivity contribution in [1.82, 2.24) is 4.90 Å².